The van der Waals surface area contributed by atoms with Crippen LogP contribution in [0.4, 0.5) is 18.9 Å². The second-order valence-corrected chi connectivity index (χ2v) is 4.84. The number of furan rings is 1. The molecule has 5 nitrogen and oxygen atoms in total. The Morgan fingerprint density at radius 3 is 2.58 bits per heavy atom. The molecule has 0 saturated heterocycles. The maximum atomic E-state index is 12.1. The van der Waals surface area contributed by atoms with E-state index in [-0.39, 0.29) is 24.7 Å². The standard InChI is InChI=1S/C15H15F3N2O3.ClH/c1-9-4-11(2-3-13(9)23-8-15(16,17)18)20-14(21)10-5-12(6-19)22-7-10;/h2-5,7H,6,8,19H2,1H3,(H,20,21);1H. The van der Waals surface area contributed by atoms with Crippen molar-refractivity contribution in [2.24, 2.45) is 5.73 Å². The van der Waals surface area contributed by atoms with Crippen LogP contribution in [0.15, 0.2) is 34.9 Å². The molecule has 0 bridgehead atoms. The molecule has 3 N–H and O–H groups in total. The molecule has 2 rings (SSSR count). The third-order valence-electron chi connectivity index (χ3n) is 2.94. The number of hydrogen-bond acceptors (Lipinski definition) is 4. The van der Waals surface area contributed by atoms with Gasteiger partial charge in [-0.1, -0.05) is 0 Å². The number of rotatable bonds is 5. The molecule has 0 radical (unpaired) electrons. The first-order valence-corrected chi connectivity index (χ1v) is 6.67. The minimum atomic E-state index is -4.40. The Kier molecular flexibility index (Phi) is 6.68. The molecular formula is C15H16ClF3N2O3. The van der Waals surface area contributed by atoms with Crippen molar-refractivity contribution < 1.29 is 27.1 Å². The molecule has 0 fully saturated rings. The Labute approximate surface area is 142 Å². The van der Waals surface area contributed by atoms with Gasteiger partial charge in [-0.05, 0) is 36.8 Å². The van der Waals surface area contributed by atoms with Crippen LogP contribution in [0.1, 0.15) is 21.7 Å². The molecule has 132 valence electrons. The summed E-state index contributed by atoms with van der Waals surface area (Å²) in [6, 6.07) is 5.87. The Balaban J connectivity index is 0.00000288. The fraction of sp³-hybridized carbons (Fsp3) is 0.267. The quantitative estimate of drug-likeness (QED) is 0.848. The molecule has 0 unspecified atom stereocenters. The third kappa shape index (κ3) is 5.47. The van der Waals surface area contributed by atoms with Crippen LogP contribution in [0.5, 0.6) is 5.75 Å². The highest BCUT2D eigenvalue weighted by Crippen LogP contribution is 2.25. The summed E-state index contributed by atoms with van der Waals surface area (Å²) in [5.74, 6) is 0.174. The maximum absolute atomic E-state index is 12.1. The largest absolute Gasteiger partial charge is 0.484 e. The van der Waals surface area contributed by atoms with E-state index in [2.05, 4.69) is 5.32 Å². The number of ether oxygens (including phenoxy) is 1. The first-order valence-electron chi connectivity index (χ1n) is 6.67. The highest BCUT2D eigenvalue weighted by atomic mass is 35.5. The number of nitrogens with one attached hydrogen (secondary N) is 1. The molecule has 1 aromatic carbocycles. The Hall–Kier alpha value is -2.19. The number of aryl methyl sites for hydroxylation is 1. The average Bonchev–Trinajstić information content (AvgIpc) is 2.94. The van der Waals surface area contributed by atoms with Crippen LogP contribution >= 0.6 is 12.4 Å². The molecule has 0 spiro atoms. The SMILES string of the molecule is Cc1cc(NC(=O)c2coc(CN)c2)ccc1OCC(F)(F)F.Cl. The molecule has 1 amide bonds. The van der Waals surface area contributed by atoms with Crippen molar-refractivity contribution in [3.63, 3.8) is 0 Å². The lowest BCUT2D eigenvalue weighted by Crippen LogP contribution is -2.19. The van der Waals surface area contributed by atoms with Crippen LogP contribution < -0.4 is 15.8 Å². The van der Waals surface area contributed by atoms with Gasteiger partial charge in [-0.25, -0.2) is 0 Å². The van der Waals surface area contributed by atoms with E-state index >= 15 is 0 Å². The molecule has 1 heterocycles. The molecule has 9 heteroatoms. The van der Waals surface area contributed by atoms with Crippen molar-refractivity contribution in [2.75, 3.05) is 11.9 Å². The lowest BCUT2D eigenvalue weighted by atomic mass is 10.2. The van der Waals surface area contributed by atoms with Gasteiger partial charge in [0.1, 0.15) is 17.8 Å². The molecule has 24 heavy (non-hydrogen) atoms. The van der Waals surface area contributed by atoms with Crippen LogP contribution in [-0.2, 0) is 6.54 Å². The fourth-order valence-electron chi connectivity index (χ4n) is 1.86. The summed E-state index contributed by atoms with van der Waals surface area (Å²) in [4.78, 5) is 12.0. The van der Waals surface area contributed by atoms with Crippen molar-refractivity contribution in [3.8, 4) is 5.75 Å². The Bertz CT molecular complexity index is 702. The summed E-state index contributed by atoms with van der Waals surface area (Å²) < 4.78 is 46.2. The van der Waals surface area contributed by atoms with E-state index in [0.717, 1.165) is 0 Å². The van der Waals surface area contributed by atoms with Crippen LogP contribution in [0.2, 0.25) is 0 Å². The summed E-state index contributed by atoms with van der Waals surface area (Å²) in [6.07, 6.45) is -3.12. The van der Waals surface area contributed by atoms with Gasteiger partial charge in [-0.2, -0.15) is 13.2 Å². The van der Waals surface area contributed by atoms with Gasteiger partial charge in [-0.3, -0.25) is 4.79 Å². The van der Waals surface area contributed by atoms with Crippen molar-refractivity contribution >= 4 is 24.0 Å². The topological polar surface area (TPSA) is 77.5 Å². The minimum Gasteiger partial charge on any atom is -0.484 e. The summed E-state index contributed by atoms with van der Waals surface area (Å²) in [7, 11) is 0. The summed E-state index contributed by atoms with van der Waals surface area (Å²) in [5, 5.41) is 2.62. The van der Waals surface area contributed by atoms with Crippen LogP contribution in [0, 0.1) is 6.92 Å². The Morgan fingerprint density at radius 1 is 1.33 bits per heavy atom. The lowest BCUT2D eigenvalue weighted by Gasteiger charge is -2.12. The molecule has 0 saturated carbocycles. The maximum Gasteiger partial charge on any atom is 0.422 e. The van der Waals surface area contributed by atoms with E-state index in [4.69, 9.17) is 14.9 Å². The van der Waals surface area contributed by atoms with Crippen molar-refractivity contribution in [2.45, 2.75) is 19.6 Å². The van der Waals surface area contributed by atoms with E-state index < -0.39 is 18.7 Å². The number of benzene rings is 1. The van der Waals surface area contributed by atoms with Gasteiger partial charge in [0, 0.05) is 5.69 Å². The minimum absolute atomic E-state index is 0. The predicted molar refractivity (Wildman–Crippen MR) is 84.5 cm³/mol. The number of amides is 1. The molecule has 0 aliphatic rings. The van der Waals surface area contributed by atoms with Crippen LogP contribution in [0.3, 0.4) is 0 Å². The van der Waals surface area contributed by atoms with Gasteiger partial charge in [0.25, 0.3) is 5.91 Å². The van der Waals surface area contributed by atoms with E-state index in [0.29, 0.717) is 22.6 Å². The molecule has 2 aromatic rings. The average molecular weight is 365 g/mol. The second-order valence-electron chi connectivity index (χ2n) is 4.84. The van der Waals surface area contributed by atoms with Gasteiger partial charge >= 0.3 is 6.18 Å². The van der Waals surface area contributed by atoms with Gasteiger partial charge < -0.3 is 20.2 Å². The molecular weight excluding hydrogens is 349 g/mol. The molecule has 0 aliphatic heterocycles. The number of carbonyl (C=O) groups is 1. The fourth-order valence-corrected chi connectivity index (χ4v) is 1.86. The van der Waals surface area contributed by atoms with Crippen molar-refractivity contribution in [1.29, 1.82) is 0 Å². The van der Waals surface area contributed by atoms with Crippen molar-refractivity contribution in [3.05, 3.63) is 47.4 Å². The Morgan fingerprint density at radius 2 is 2.04 bits per heavy atom. The number of nitrogens with two attached hydrogens (primary N) is 1. The summed E-state index contributed by atoms with van der Waals surface area (Å²) in [6.45, 7) is 0.403. The number of carbonyl (C=O) groups excluding carboxylic acids is 1. The number of anilines is 1. The smallest absolute Gasteiger partial charge is 0.422 e. The second kappa shape index (κ2) is 8.07. The van der Waals surface area contributed by atoms with Crippen molar-refractivity contribution in [1.82, 2.24) is 0 Å². The van der Waals surface area contributed by atoms with E-state index in [1.54, 1.807) is 6.92 Å². The first kappa shape index (κ1) is 19.9. The van der Waals surface area contributed by atoms with Crippen LogP contribution in [0.25, 0.3) is 0 Å². The summed E-state index contributed by atoms with van der Waals surface area (Å²) >= 11 is 0. The zero-order chi connectivity index (χ0) is 17.0. The van der Waals surface area contributed by atoms with Gasteiger partial charge in [0.2, 0.25) is 0 Å². The number of halogens is 4. The summed E-state index contributed by atoms with van der Waals surface area (Å²) in [5.41, 5.74) is 6.60. The van der Waals surface area contributed by atoms with Crippen LogP contribution in [-0.4, -0.2) is 18.7 Å². The van der Waals surface area contributed by atoms with Gasteiger partial charge in [-0.15, -0.1) is 12.4 Å². The number of alkyl halides is 3. The molecule has 1 aromatic heterocycles. The normalized spacial score (nSPS) is 10.9. The molecule has 0 aliphatic carbocycles. The zero-order valence-electron chi connectivity index (χ0n) is 12.6. The highest BCUT2D eigenvalue weighted by Gasteiger charge is 2.28. The van der Waals surface area contributed by atoms with E-state index in [1.165, 1.54) is 30.5 Å². The highest BCUT2D eigenvalue weighted by molar-refractivity contribution is 6.04. The monoisotopic (exact) mass is 364 g/mol. The lowest BCUT2D eigenvalue weighted by molar-refractivity contribution is -0.153. The van der Waals surface area contributed by atoms with E-state index in [1.807, 2.05) is 0 Å². The third-order valence-corrected chi connectivity index (χ3v) is 2.94. The predicted octanol–water partition coefficient (Wildman–Crippen LogP) is 3.66. The van der Waals surface area contributed by atoms with E-state index in [9.17, 15) is 18.0 Å². The number of hydrogen-bond donors (Lipinski definition) is 2. The molecule has 0 atom stereocenters. The zero-order valence-corrected chi connectivity index (χ0v) is 13.5. The van der Waals surface area contributed by atoms with Gasteiger partial charge in [0.15, 0.2) is 6.61 Å². The van der Waals surface area contributed by atoms with Gasteiger partial charge in [0.05, 0.1) is 12.1 Å². The first-order chi connectivity index (χ1) is 10.8.